The van der Waals surface area contributed by atoms with Crippen molar-refractivity contribution in [3.63, 3.8) is 0 Å². The van der Waals surface area contributed by atoms with Gasteiger partial charge in [0.2, 0.25) is 5.91 Å². The molecule has 0 saturated heterocycles. The van der Waals surface area contributed by atoms with Gasteiger partial charge in [0.25, 0.3) is 0 Å². The molecule has 2 aromatic rings. The number of hydrogen-bond acceptors (Lipinski definition) is 1. The van der Waals surface area contributed by atoms with E-state index in [-0.39, 0.29) is 12.5 Å². The number of benzene rings is 2. The summed E-state index contributed by atoms with van der Waals surface area (Å²) in [6, 6.07) is 12.3. The minimum Gasteiger partial charge on any atom is -0.341 e. The smallest absolute Gasteiger partial charge is 0.227 e. The van der Waals surface area contributed by atoms with E-state index in [1.807, 2.05) is 31.2 Å². The fourth-order valence-electron chi connectivity index (χ4n) is 2.12. The van der Waals surface area contributed by atoms with Gasteiger partial charge in [0.05, 0.1) is 6.42 Å². The average molecular weight is 306 g/mol. The van der Waals surface area contributed by atoms with Crippen molar-refractivity contribution >= 4 is 17.5 Å². The predicted molar refractivity (Wildman–Crippen MR) is 82.8 cm³/mol. The zero-order valence-corrected chi connectivity index (χ0v) is 12.8. The van der Waals surface area contributed by atoms with E-state index in [1.54, 1.807) is 19.2 Å². The first kappa shape index (κ1) is 15.5. The van der Waals surface area contributed by atoms with Crippen LogP contribution in [0.2, 0.25) is 5.02 Å². The predicted octanol–water partition coefficient (Wildman–Crippen LogP) is 3.99. The van der Waals surface area contributed by atoms with Crippen molar-refractivity contribution in [2.24, 2.45) is 0 Å². The molecule has 0 heterocycles. The van der Waals surface area contributed by atoms with Gasteiger partial charge in [-0.2, -0.15) is 0 Å². The molecule has 0 aliphatic rings. The molecule has 0 atom stereocenters. The maximum absolute atomic E-state index is 13.7. The second-order valence-electron chi connectivity index (χ2n) is 5.05. The molecule has 0 radical (unpaired) electrons. The number of rotatable bonds is 4. The lowest BCUT2D eigenvalue weighted by molar-refractivity contribution is -0.129. The number of likely N-dealkylation sites (N-methyl/N-ethyl adjacent to an activating group) is 1. The van der Waals surface area contributed by atoms with Gasteiger partial charge in [0.1, 0.15) is 5.82 Å². The molecular weight excluding hydrogens is 289 g/mol. The molecule has 0 saturated carbocycles. The Morgan fingerprint density at radius 3 is 2.57 bits per heavy atom. The van der Waals surface area contributed by atoms with Gasteiger partial charge in [0.15, 0.2) is 0 Å². The van der Waals surface area contributed by atoms with E-state index in [0.717, 1.165) is 11.1 Å². The second kappa shape index (κ2) is 6.72. The van der Waals surface area contributed by atoms with Crippen LogP contribution in [-0.2, 0) is 17.8 Å². The molecule has 2 nitrogen and oxygen atoms in total. The van der Waals surface area contributed by atoms with Crippen LogP contribution < -0.4 is 0 Å². The zero-order valence-electron chi connectivity index (χ0n) is 12.1. The van der Waals surface area contributed by atoms with E-state index < -0.39 is 5.82 Å². The van der Waals surface area contributed by atoms with Crippen LogP contribution in [0.1, 0.15) is 16.7 Å². The number of aryl methyl sites for hydroxylation is 1. The number of hydrogen-bond donors (Lipinski definition) is 0. The van der Waals surface area contributed by atoms with Crippen LogP contribution in [-0.4, -0.2) is 17.9 Å². The van der Waals surface area contributed by atoms with E-state index in [0.29, 0.717) is 17.0 Å². The fraction of sp³-hybridized carbons (Fsp3) is 0.235. The molecule has 2 aromatic carbocycles. The lowest BCUT2D eigenvalue weighted by Gasteiger charge is -2.19. The minimum absolute atomic E-state index is 0.0661. The zero-order chi connectivity index (χ0) is 15.4. The van der Waals surface area contributed by atoms with E-state index in [9.17, 15) is 9.18 Å². The van der Waals surface area contributed by atoms with Gasteiger partial charge >= 0.3 is 0 Å². The van der Waals surface area contributed by atoms with Gasteiger partial charge in [-0.05, 0) is 30.2 Å². The highest BCUT2D eigenvalue weighted by molar-refractivity contribution is 6.31. The summed E-state index contributed by atoms with van der Waals surface area (Å²) in [6.45, 7) is 2.13. The van der Waals surface area contributed by atoms with Crippen molar-refractivity contribution in [2.45, 2.75) is 19.9 Å². The van der Waals surface area contributed by atoms with Gasteiger partial charge in [-0.15, -0.1) is 0 Å². The highest BCUT2D eigenvalue weighted by Crippen LogP contribution is 2.20. The molecular formula is C17H17ClFNO. The van der Waals surface area contributed by atoms with Gasteiger partial charge in [-0.3, -0.25) is 4.79 Å². The summed E-state index contributed by atoms with van der Waals surface area (Å²) in [4.78, 5) is 13.7. The molecule has 0 aromatic heterocycles. The van der Waals surface area contributed by atoms with E-state index in [4.69, 9.17) is 11.6 Å². The van der Waals surface area contributed by atoms with Gasteiger partial charge in [-0.1, -0.05) is 41.9 Å². The van der Waals surface area contributed by atoms with Crippen LogP contribution in [0, 0.1) is 12.7 Å². The Hall–Kier alpha value is -1.87. The Kier molecular flexibility index (Phi) is 4.97. The van der Waals surface area contributed by atoms with Crippen molar-refractivity contribution in [1.29, 1.82) is 0 Å². The topological polar surface area (TPSA) is 20.3 Å². The maximum atomic E-state index is 13.7. The minimum atomic E-state index is -0.391. The van der Waals surface area contributed by atoms with Crippen molar-refractivity contribution in [1.82, 2.24) is 4.90 Å². The molecule has 110 valence electrons. The van der Waals surface area contributed by atoms with Crippen LogP contribution in [0.25, 0.3) is 0 Å². The Bertz CT molecular complexity index is 637. The summed E-state index contributed by atoms with van der Waals surface area (Å²) < 4.78 is 13.7. The molecule has 21 heavy (non-hydrogen) atoms. The number of amides is 1. The third-order valence-electron chi connectivity index (χ3n) is 3.49. The largest absolute Gasteiger partial charge is 0.341 e. The van der Waals surface area contributed by atoms with Crippen LogP contribution in [0.3, 0.4) is 0 Å². The van der Waals surface area contributed by atoms with Crippen molar-refractivity contribution in [3.8, 4) is 0 Å². The first-order chi connectivity index (χ1) is 9.99. The molecule has 2 rings (SSSR count). The number of nitrogens with zero attached hydrogens (tertiary/aromatic N) is 1. The number of halogens is 2. The summed E-state index contributed by atoms with van der Waals surface area (Å²) >= 11 is 5.99. The summed E-state index contributed by atoms with van der Waals surface area (Å²) in [5.41, 5.74) is 2.40. The molecule has 0 fully saturated rings. The van der Waals surface area contributed by atoms with Crippen LogP contribution in [0.5, 0.6) is 0 Å². The number of carbonyl (C=O) groups excluding carboxylic acids is 1. The Morgan fingerprint density at radius 1 is 1.19 bits per heavy atom. The van der Waals surface area contributed by atoms with Gasteiger partial charge in [0, 0.05) is 24.2 Å². The Morgan fingerprint density at radius 2 is 1.90 bits per heavy atom. The summed E-state index contributed by atoms with van der Waals surface area (Å²) in [5, 5.41) is 0.338. The van der Waals surface area contributed by atoms with Gasteiger partial charge in [-0.25, -0.2) is 4.39 Å². The summed E-state index contributed by atoms with van der Waals surface area (Å²) in [7, 11) is 1.66. The normalized spacial score (nSPS) is 10.5. The number of carbonyl (C=O) groups is 1. The second-order valence-corrected chi connectivity index (χ2v) is 5.46. The molecule has 0 aliphatic carbocycles. The monoisotopic (exact) mass is 305 g/mol. The van der Waals surface area contributed by atoms with Crippen LogP contribution >= 0.6 is 11.6 Å². The Labute approximate surface area is 129 Å². The molecule has 1 amide bonds. The van der Waals surface area contributed by atoms with E-state index >= 15 is 0 Å². The van der Waals surface area contributed by atoms with Crippen molar-refractivity contribution in [3.05, 3.63) is 70.0 Å². The average Bonchev–Trinajstić information content (AvgIpc) is 2.45. The molecule has 0 N–H and O–H groups in total. The summed E-state index contributed by atoms with van der Waals surface area (Å²) in [5.74, 6) is -0.457. The standard InChI is InChI=1S/C17H17ClFNO/c1-12-6-3-4-7-13(12)10-17(21)20(2)11-14-15(18)8-5-9-16(14)19/h3-9H,10-11H2,1-2H3. The maximum Gasteiger partial charge on any atom is 0.227 e. The highest BCUT2D eigenvalue weighted by Gasteiger charge is 2.15. The van der Waals surface area contributed by atoms with Crippen molar-refractivity contribution in [2.75, 3.05) is 7.05 Å². The van der Waals surface area contributed by atoms with Crippen molar-refractivity contribution < 1.29 is 9.18 Å². The molecule has 0 spiro atoms. The molecule has 0 unspecified atom stereocenters. The van der Waals surface area contributed by atoms with Gasteiger partial charge < -0.3 is 4.90 Å². The van der Waals surface area contributed by atoms with E-state index in [2.05, 4.69) is 0 Å². The fourth-order valence-corrected chi connectivity index (χ4v) is 2.34. The molecule has 0 bridgehead atoms. The van der Waals surface area contributed by atoms with E-state index in [1.165, 1.54) is 11.0 Å². The first-order valence-electron chi connectivity index (χ1n) is 6.70. The molecule has 0 aliphatic heterocycles. The highest BCUT2D eigenvalue weighted by atomic mass is 35.5. The lowest BCUT2D eigenvalue weighted by Crippen LogP contribution is -2.28. The van der Waals surface area contributed by atoms with Crippen LogP contribution in [0.4, 0.5) is 4.39 Å². The third kappa shape index (κ3) is 3.82. The summed E-state index contributed by atoms with van der Waals surface area (Å²) in [6.07, 6.45) is 0.301. The van der Waals surface area contributed by atoms with Crippen LogP contribution in [0.15, 0.2) is 42.5 Å². The molecule has 4 heteroatoms. The third-order valence-corrected chi connectivity index (χ3v) is 3.84. The quantitative estimate of drug-likeness (QED) is 0.836. The lowest BCUT2D eigenvalue weighted by atomic mass is 10.1. The first-order valence-corrected chi connectivity index (χ1v) is 7.08. The SMILES string of the molecule is Cc1ccccc1CC(=O)N(C)Cc1c(F)cccc1Cl. The Balaban J connectivity index is 2.08.